The van der Waals surface area contributed by atoms with Gasteiger partial charge in [-0.1, -0.05) is 12.1 Å². The predicted octanol–water partition coefficient (Wildman–Crippen LogP) is 2.87. The Labute approximate surface area is 219 Å². The number of methoxy groups -OCH3 is 2. The van der Waals surface area contributed by atoms with Gasteiger partial charge in [0.2, 0.25) is 6.79 Å². The fraction of sp³-hybridized carbons (Fsp3) is 0.346. The number of pyridine rings is 1. The molecule has 0 bridgehead atoms. The number of aromatic nitrogens is 1. The Morgan fingerprint density at radius 3 is 2.34 bits per heavy atom. The van der Waals surface area contributed by atoms with E-state index in [0.717, 1.165) is 32.4 Å². The number of nitrogens with one attached hydrogen (secondary N) is 2. The van der Waals surface area contributed by atoms with Crippen LogP contribution in [0.5, 0.6) is 23.0 Å². The number of hydrogen-bond donors (Lipinski definition) is 2. The summed E-state index contributed by atoms with van der Waals surface area (Å²) in [5, 5.41) is 7.90. The summed E-state index contributed by atoms with van der Waals surface area (Å²) in [5.74, 6) is 3.15. The number of rotatable bonds is 8. The Bertz CT molecular complexity index is 1640. The van der Waals surface area contributed by atoms with E-state index in [-0.39, 0.29) is 13.3 Å². The number of anilines is 1. The summed E-state index contributed by atoms with van der Waals surface area (Å²) < 4.78 is 56.9. The molecule has 11 nitrogen and oxygen atoms in total. The largest absolute Gasteiger partial charge is 0.493 e. The minimum Gasteiger partial charge on any atom is -0.493 e. The second-order valence-corrected chi connectivity index (χ2v) is 10.7. The molecular weight excluding hydrogens is 512 g/mol. The summed E-state index contributed by atoms with van der Waals surface area (Å²) in [4.78, 5) is 5.00. The van der Waals surface area contributed by atoms with E-state index in [1.54, 1.807) is 14.2 Å². The van der Waals surface area contributed by atoms with Gasteiger partial charge in [-0.15, -0.1) is 0 Å². The second-order valence-electron chi connectivity index (χ2n) is 8.94. The van der Waals surface area contributed by atoms with Crippen molar-refractivity contribution in [1.82, 2.24) is 14.0 Å². The van der Waals surface area contributed by atoms with Gasteiger partial charge >= 0.3 is 0 Å². The average molecular weight is 541 g/mol. The monoisotopic (exact) mass is 540 g/mol. The first-order valence-electron chi connectivity index (χ1n) is 12.3. The highest BCUT2D eigenvalue weighted by molar-refractivity contribution is 7.87. The van der Waals surface area contributed by atoms with Gasteiger partial charge < -0.3 is 29.0 Å². The van der Waals surface area contributed by atoms with Gasteiger partial charge in [-0.25, -0.2) is 9.71 Å². The second kappa shape index (κ2) is 9.95. The van der Waals surface area contributed by atoms with Crippen LogP contribution in [0, 0.1) is 0 Å². The summed E-state index contributed by atoms with van der Waals surface area (Å²) in [6.45, 7) is 2.16. The van der Waals surface area contributed by atoms with Gasteiger partial charge in [-0.05, 0) is 35.0 Å². The Hall–Kier alpha value is -3.58. The molecule has 0 aliphatic carbocycles. The summed E-state index contributed by atoms with van der Waals surface area (Å²) >= 11 is 0. The Morgan fingerprint density at radius 2 is 1.61 bits per heavy atom. The van der Waals surface area contributed by atoms with E-state index in [1.807, 2.05) is 36.4 Å². The molecule has 0 radical (unpaired) electrons. The molecule has 2 N–H and O–H groups in total. The van der Waals surface area contributed by atoms with Crippen molar-refractivity contribution in [3.8, 4) is 23.0 Å². The first kappa shape index (κ1) is 24.7. The van der Waals surface area contributed by atoms with Crippen molar-refractivity contribution < 1.29 is 32.1 Å². The quantitative estimate of drug-likeness (QED) is 0.257. The maximum absolute atomic E-state index is 12.6. The highest BCUT2D eigenvalue weighted by Crippen LogP contribution is 2.42. The molecule has 3 aromatic carbocycles. The third-order valence-electron chi connectivity index (χ3n) is 6.79. The molecule has 4 aromatic rings. The Balaban J connectivity index is 1.39. The molecule has 2 aliphatic heterocycles. The van der Waals surface area contributed by atoms with Crippen LogP contribution in [0.25, 0.3) is 32.4 Å². The SMILES string of the molecule is COc1cc2c(NCCNS(=O)(=O)N3CCOCC3)nc3c4cc5c(cc4ccc3c2cc1OC)OCO5. The maximum atomic E-state index is 12.6. The number of fused-ring (bicyclic) bond motifs is 6. The van der Waals surface area contributed by atoms with Gasteiger partial charge in [-0.3, -0.25) is 0 Å². The number of hydrogen-bond acceptors (Lipinski definition) is 9. The summed E-state index contributed by atoms with van der Waals surface area (Å²) in [7, 11) is -0.403. The van der Waals surface area contributed by atoms with Crippen LogP contribution in [0.3, 0.4) is 0 Å². The lowest BCUT2D eigenvalue weighted by atomic mass is 10.00. The van der Waals surface area contributed by atoms with Crippen molar-refractivity contribution in [1.29, 1.82) is 0 Å². The Morgan fingerprint density at radius 1 is 0.895 bits per heavy atom. The van der Waals surface area contributed by atoms with Crippen LogP contribution < -0.4 is 29.0 Å². The molecule has 1 saturated heterocycles. The third kappa shape index (κ3) is 4.39. The van der Waals surface area contributed by atoms with Crippen LogP contribution in [-0.2, 0) is 14.9 Å². The van der Waals surface area contributed by atoms with Gasteiger partial charge in [-0.2, -0.15) is 12.7 Å². The molecule has 0 spiro atoms. The topological polar surface area (TPSA) is 120 Å². The van der Waals surface area contributed by atoms with Crippen LogP contribution in [0.1, 0.15) is 0 Å². The van der Waals surface area contributed by atoms with Gasteiger partial charge in [0.15, 0.2) is 23.0 Å². The standard InChI is InChI=1S/C26H28N4O7S/c1-33-21-13-19-17-4-3-16-11-23-24(37-15-36-23)12-18(16)25(17)29-26(20(19)14-22(21)34-2)27-5-6-28-38(31,32)30-7-9-35-10-8-30/h3-4,11-14,28H,5-10,15H2,1-2H3,(H,27,29). The highest BCUT2D eigenvalue weighted by atomic mass is 32.2. The predicted molar refractivity (Wildman–Crippen MR) is 144 cm³/mol. The normalized spacial score (nSPS) is 15.8. The van der Waals surface area contributed by atoms with E-state index >= 15 is 0 Å². The molecule has 0 saturated carbocycles. The minimum absolute atomic E-state index is 0.183. The molecule has 1 aromatic heterocycles. The molecule has 0 unspecified atom stereocenters. The van der Waals surface area contributed by atoms with Crippen LogP contribution in [0.15, 0.2) is 36.4 Å². The van der Waals surface area contributed by atoms with Gasteiger partial charge in [0.25, 0.3) is 10.2 Å². The molecule has 12 heteroatoms. The molecule has 0 atom stereocenters. The van der Waals surface area contributed by atoms with E-state index in [2.05, 4.69) is 10.0 Å². The summed E-state index contributed by atoms with van der Waals surface area (Å²) in [6.07, 6.45) is 0. The molecular formula is C26H28N4O7S. The molecule has 38 heavy (non-hydrogen) atoms. The van der Waals surface area contributed by atoms with Crippen LogP contribution in [-0.4, -0.2) is 78.1 Å². The molecule has 0 amide bonds. The summed E-state index contributed by atoms with van der Waals surface area (Å²) in [5.41, 5.74) is 0.775. The zero-order chi connectivity index (χ0) is 26.3. The van der Waals surface area contributed by atoms with Gasteiger partial charge in [0, 0.05) is 42.3 Å². The zero-order valence-electron chi connectivity index (χ0n) is 21.1. The number of morpholine rings is 1. The molecule has 3 heterocycles. The first-order valence-corrected chi connectivity index (χ1v) is 13.7. The first-order chi connectivity index (χ1) is 18.5. The number of ether oxygens (including phenoxy) is 5. The van der Waals surface area contributed by atoms with E-state index in [4.69, 9.17) is 28.7 Å². The lowest BCUT2D eigenvalue weighted by molar-refractivity contribution is 0.0725. The lowest BCUT2D eigenvalue weighted by Gasteiger charge is -2.26. The van der Waals surface area contributed by atoms with E-state index < -0.39 is 10.2 Å². The molecule has 200 valence electrons. The highest BCUT2D eigenvalue weighted by Gasteiger charge is 2.24. The van der Waals surface area contributed by atoms with Gasteiger partial charge in [0.1, 0.15) is 5.82 Å². The van der Waals surface area contributed by atoms with Crippen molar-refractivity contribution in [2.75, 3.05) is 65.7 Å². The fourth-order valence-corrected chi connectivity index (χ4v) is 6.05. The fourth-order valence-electron chi connectivity index (χ4n) is 4.88. The van der Waals surface area contributed by atoms with E-state index in [0.29, 0.717) is 61.7 Å². The Kier molecular flexibility index (Phi) is 6.48. The van der Waals surface area contributed by atoms with E-state index in [9.17, 15) is 8.42 Å². The van der Waals surface area contributed by atoms with Gasteiger partial charge in [0.05, 0.1) is 33.0 Å². The number of benzene rings is 3. The number of nitrogens with zero attached hydrogens (tertiary/aromatic N) is 2. The minimum atomic E-state index is -3.59. The third-order valence-corrected chi connectivity index (χ3v) is 8.40. The smallest absolute Gasteiger partial charge is 0.279 e. The molecule has 6 rings (SSSR count). The van der Waals surface area contributed by atoms with Crippen molar-refractivity contribution in [3.63, 3.8) is 0 Å². The average Bonchev–Trinajstić information content (AvgIpc) is 3.41. The van der Waals surface area contributed by atoms with Crippen molar-refractivity contribution in [2.45, 2.75) is 0 Å². The van der Waals surface area contributed by atoms with Crippen LogP contribution in [0.4, 0.5) is 5.82 Å². The van der Waals surface area contributed by atoms with Crippen LogP contribution >= 0.6 is 0 Å². The molecule has 2 aliphatic rings. The molecule has 1 fully saturated rings. The maximum Gasteiger partial charge on any atom is 0.279 e. The van der Waals surface area contributed by atoms with Crippen molar-refractivity contribution >= 4 is 48.5 Å². The lowest BCUT2D eigenvalue weighted by Crippen LogP contribution is -2.47. The zero-order valence-corrected chi connectivity index (χ0v) is 21.9. The van der Waals surface area contributed by atoms with Crippen LogP contribution in [0.2, 0.25) is 0 Å². The van der Waals surface area contributed by atoms with E-state index in [1.165, 1.54) is 4.31 Å². The van der Waals surface area contributed by atoms with Crippen molar-refractivity contribution in [3.05, 3.63) is 36.4 Å². The summed E-state index contributed by atoms with van der Waals surface area (Å²) in [6, 6.07) is 11.8. The van der Waals surface area contributed by atoms with Crippen molar-refractivity contribution in [2.24, 2.45) is 0 Å².